The smallest absolute Gasteiger partial charge is 0.227 e. The first kappa shape index (κ1) is 16.7. The number of rotatable bonds is 4. The second kappa shape index (κ2) is 7.20. The quantitative estimate of drug-likeness (QED) is 0.798. The number of hydrogen-bond donors (Lipinski definition) is 0. The minimum Gasteiger partial charge on any atom is -0.340 e. The number of hydrogen-bond acceptors (Lipinski definition) is 2. The maximum atomic E-state index is 12.7. The van der Waals surface area contributed by atoms with Crippen LogP contribution in [0.1, 0.15) is 37.7 Å². The van der Waals surface area contributed by atoms with Crippen LogP contribution in [0.2, 0.25) is 0 Å². The number of piperidine rings is 2. The van der Waals surface area contributed by atoms with E-state index < -0.39 is 0 Å². The van der Waals surface area contributed by atoms with Crippen molar-refractivity contribution in [1.29, 1.82) is 0 Å². The van der Waals surface area contributed by atoms with E-state index >= 15 is 0 Å². The lowest BCUT2D eigenvalue weighted by Crippen LogP contribution is -2.63. The summed E-state index contributed by atoms with van der Waals surface area (Å²) in [6, 6.07) is 9.88. The molecule has 1 aromatic rings. The molecule has 2 aliphatic heterocycles. The average molecular weight is 326 g/mol. The molecule has 0 bridgehead atoms. The van der Waals surface area contributed by atoms with Crippen LogP contribution in [-0.4, -0.2) is 46.8 Å². The van der Waals surface area contributed by atoms with Gasteiger partial charge in [-0.25, -0.2) is 0 Å². The molecule has 1 spiro atoms. The molecule has 2 amide bonds. The van der Waals surface area contributed by atoms with Gasteiger partial charge < -0.3 is 9.80 Å². The van der Waals surface area contributed by atoms with E-state index in [-0.39, 0.29) is 17.4 Å². The number of amides is 2. The molecule has 4 nitrogen and oxygen atoms in total. The van der Waals surface area contributed by atoms with Gasteiger partial charge in [0.25, 0.3) is 0 Å². The van der Waals surface area contributed by atoms with Gasteiger partial charge in [0.05, 0.1) is 12.0 Å². The fourth-order valence-electron chi connectivity index (χ4n) is 4.16. The summed E-state index contributed by atoms with van der Waals surface area (Å²) < 4.78 is 0. The lowest BCUT2D eigenvalue weighted by molar-refractivity contribution is -0.149. The highest BCUT2D eigenvalue weighted by Crippen LogP contribution is 2.36. The van der Waals surface area contributed by atoms with Gasteiger partial charge in [-0.15, -0.1) is 6.58 Å². The standard InChI is InChI=1S/C20H26N2O2/c1-2-13-22-18(23)10-6-11-20(22)12-7-14-21(16-20)19(24)15-17-8-4-3-5-9-17/h2-5,8-9H,1,6-7,10-16H2. The molecule has 2 heterocycles. The number of nitrogens with zero attached hydrogens (tertiary/aromatic N) is 2. The lowest BCUT2D eigenvalue weighted by Gasteiger charge is -2.52. The average Bonchev–Trinajstić information content (AvgIpc) is 2.59. The highest BCUT2D eigenvalue weighted by atomic mass is 16.2. The lowest BCUT2D eigenvalue weighted by atomic mass is 9.79. The molecule has 2 fully saturated rings. The second-order valence-corrected chi connectivity index (χ2v) is 6.95. The molecule has 1 unspecified atom stereocenters. The summed E-state index contributed by atoms with van der Waals surface area (Å²) in [6.07, 6.45) is 6.72. The van der Waals surface area contributed by atoms with Crippen LogP contribution in [0.5, 0.6) is 0 Å². The van der Waals surface area contributed by atoms with Gasteiger partial charge in [-0.2, -0.15) is 0 Å². The number of carbonyl (C=O) groups excluding carboxylic acids is 2. The normalized spacial score (nSPS) is 24.2. The fraction of sp³-hybridized carbons (Fsp3) is 0.500. The monoisotopic (exact) mass is 326 g/mol. The van der Waals surface area contributed by atoms with Crippen LogP contribution in [0.4, 0.5) is 0 Å². The van der Waals surface area contributed by atoms with Crippen LogP contribution in [0.15, 0.2) is 43.0 Å². The highest BCUT2D eigenvalue weighted by molar-refractivity contribution is 5.80. The van der Waals surface area contributed by atoms with Crippen LogP contribution in [-0.2, 0) is 16.0 Å². The zero-order valence-corrected chi connectivity index (χ0v) is 14.2. The molecule has 2 aliphatic rings. The third-order valence-corrected chi connectivity index (χ3v) is 5.32. The maximum absolute atomic E-state index is 12.7. The van der Waals surface area contributed by atoms with E-state index in [1.807, 2.05) is 40.1 Å². The first-order valence-corrected chi connectivity index (χ1v) is 8.88. The molecule has 0 radical (unpaired) electrons. The largest absolute Gasteiger partial charge is 0.340 e. The summed E-state index contributed by atoms with van der Waals surface area (Å²) in [6.45, 7) is 5.85. The fourth-order valence-corrected chi connectivity index (χ4v) is 4.16. The Bertz CT molecular complexity index is 609. The molecular weight excluding hydrogens is 300 g/mol. The Morgan fingerprint density at radius 2 is 1.96 bits per heavy atom. The summed E-state index contributed by atoms with van der Waals surface area (Å²) in [5, 5.41) is 0. The van der Waals surface area contributed by atoms with E-state index in [1.165, 1.54) is 0 Å². The summed E-state index contributed by atoms with van der Waals surface area (Å²) >= 11 is 0. The highest BCUT2D eigenvalue weighted by Gasteiger charge is 2.45. The van der Waals surface area contributed by atoms with Crippen molar-refractivity contribution < 1.29 is 9.59 Å². The van der Waals surface area contributed by atoms with Crippen molar-refractivity contribution in [2.75, 3.05) is 19.6 Å². The van der Waals surface area contributed by atoms with Crippen LogP contribution in [0.3, 0.4) is 0 Å². The first-order chi connectivity index (χ1) is 11.6. The van der Waals surface area contributed by atoms with E-state index in [0.717, 1.165) is 37.8 Å². The molecular formula is C20H26N2O2. The predicted molar refractivity (Wildman–Crippen MR) is 94.5 cm³/mol. The molecule has 0 aromatic heterocycles. The molecule has 1 atom stereocenters. The number of likely N-dealkylation sites (tertiary alicyclic amines) is 2. The van der Waals surface area contributed by atoms with Crippen LogP contribution in [0, 0.1) is 0 Å². The van der Waals surface area contributed by atoms with Gasteiger partial charge in [0.15, 0.2) is 0 Å². The Morgan fingerprint density at radius 1 is 1.21 bits per heavy atom. The summed E-state index contributed by atoms with van der Waals surface area (Å²) in [7, 11) is 0. The molecule has 0 aliphatic carbocycles. The predicted octanol–water partition coefficient (Wildman–Crippen LogP) is 2.79. The Labute approximate surface area is 144 Å². The van der Waals surface area contributed by atoms with E-state index in [0.29, 0.717) is 25.9 Å². The topological polar surface area (TPSA) is 40.6 Å². The van der Waals surface area contributed by atoms with E-state index in [9.17, 15) is 9.59 Å². The third kappa shape index (κ3) is 3.37. The van der Waals surface area contributed by atoms with Crippen molar-refractivity contribution in [3.8, 4) is 0 Å². The summed E-state index contributed by atoms with van der Waals surface area (Å²) in [4.78, 5) is 29.1. The second-order valence-electron chi connectivity index (χ2n) is 6.95. The molecule has 4 heteroatoms. The third-order valence-electron chi connectivity index (χ3n) is 5.32. The Kier molecular flexibility index (Phi) is 5.03. The van der Waals surface area contributed by atoms with Gasteiger partial charge >= 0.3 is 0 Å². The molecule has 3 rings (SSSR count). The van der Waals surface area contributed by atoms with Crippen LogP contribution < -0.4 is 0 Å². The van der Waals surface area contributed by atoms with E-state index in [1.54, 1.807) is 6.08 Å². The van der Waals surface area contributed by atoms with Crippen LogP contribution >= 0.6 is 0 Å². The molecule has 0 N–H and O–H groups in total. The maximum Gasteiger partial charge on any atom is 0.227 e. The van der Waals surface area contributed by atoms with Crippen molar-refractivity contribution in [2.45, 2.75) is 44.1 Å². The van der Waals surface area contributed by atoms with Crippen molar-refractivity contribution in [3.05, 3.63) is 48.6 Å². The first-order valence-electron chi connectivity index (χ1n) is 8.88. The molecule has 24 heavy (non-hydrogen) atoms. The summed E-state index contributed by atoms with van der Waals surface area (Å²) in [5.41, 5.74) is 0.860. The SMILES string of the molecule is C=CCN1C(=O)CCCC12CCCN(C(=O)Cc1ccccc1)C2. The Balaban J connectivity index is 1.74. The molecule has 0 saturated carbocycles. The zero-order valence-electron chi connectivity index (χ0n) is 14.2. The van der Waals surface area contributed by atoms with Gasteiger partial charge in [-0.1, -0.05) is 36.4 Å². The number of benzene rings is 1. The molecule has 2 saturated heterocycles. The van der Waals surface area contributed by atoms with E-state index in [2.05, 4.69) is 6.58 Å². The van der Waals surface area contributed by atoms with Gasteiger partial charge in [-0.05, 0) is 31.2 Å². The van der Waals surface area contributed by atoms with Crippen LogP contribution in [0.25, 0.3) is 0 Å². The summed E-state index contributed by atoms with van der Waals surface area (Å²) in [5.74, 6) is 0.371. The zero-order chi connectivity index (χ0) is 17.0. The van der Waals surface area contributed by atoms with Crippen molar-refractivity contribution in [2.24, 2.45) is 0 Å². The molecule has 1 aromatic carbocycles. The van der Waals surface area contributed by atoms with Gasteiger partial charge in [-0.3, -0.25) is 9.59 Å². The Hall–Kier alpha value is -2.10. The number of carbonyl (C=O) groups is 2. The van der Waals surface area contributed by atoms with Crippen molar-refractivity contribution >= 4 is 11.8 Å². The van der Waals surface area contributed by atoms with Crippen molar-refractivity contribution in [1.82, 2.24) is 9.80 Å². The minimum absolute atomic E-state index is 0.164. The van der Waals surface area contributed by atoms with Crippen molar-refractivity contribution in [3.63, 3.8) is 0 Å². The van der Waals surface area contributed by atoms with Gasteiger partial charge in [0.1, 0.15) is 0 Å². The Morgan fingerprint density at radius 3 is 2.71 bits per heavy atom. The van der Waals surface area contributed by atoms with Gasteiger partial charge in [0, 0.05) is 26.1 Å². The molecule has 128 valence electrons. The van der Waals surface area contributed by atoms with E-state index in [4.69, 9.17) is 0 Å². The van der Waals surface area contributed by atoms with Gasteiger partial charge in [0.2, 0.25) is 11.8 Å². The minimum atomic E-state index is -0.186.